The van der Waals surface area contributed by atoms with E-state index in [1.165, 1.54) is 24.3 Å². The summed E-state index contributed by atoms with van der Waals surface area (Å²) >= 11 is 0. The van der Waals surface area contributed by atoms with E-state index in [9.17, 15) is 13.6 Å². The van der Waals surface area contributed by atoms with Crippen LogP contribution in [0, 0.1) is 17.6 Å². The summed E-state index contributed by atoms with van der Waals surface area (Å²) < 4.78 is 26.9. The highest BCUT2D eigenvalue weighted by molar-refractivity contribution is 5.85. The second kappa shape index (κ2) is 8.22. The fourth-order valence-corrected chi connectivity index (χ4v) is 2.64. The van der Waals surface area contributed by atoms with Crippen molar-refractivity contribution in [3.63, 3.8) is 0 Å². The maximum Gasteiger partial charge on any atom is 0.226 e. The van der Waals surface area contributed by atoms with Crippen LogP contribution in [0.3, 0.4) is 0 Å². The summed E-state index contributed by atoms with van der Waals surface area (Å²) in [6, 6.07) is 12.0. The standard InChI is InChI=1S/C18H18F2N2O.ClH/c19-15-5-1-3-12(7-15)8-17(13-4-2-6-16(20)9-13)22-18(23)14-10-21-11-14;/h1-7,9,14,17,21H,8,10-11H2,(H,22,23);1H. The molecule has 0 spiro atoms. The molecule has 128 valence electrons. The zero-order valence-electron chi connectivity index (χ0n) is 13.0. The lowest BCUT2D eigenvalue weighted by atomic mass is 9.96. The van der Waals surface area contributed by atoms with Crippen LogP contribution in [-0.2, 0) is 11.2 Å². The Morgan fingerprint density at radius 3 is 2.38 bits per heavy atom. The Morgan fingerprint density at radius 1 is 1.12 bits per heavy atom. The minimum atomic E-state index is -0.388. The molecular weight excluding hydrogens is 334 g/mol. The second-order valence-electron chi connectivity index (χ2n) is 5.81. The molecule has 0 bridgehead atoms. The van der Waals surface area contributed by atoms with Gasteiger partial charge in [0.1, 0.15) is 11.6 Å². The SMILES string of the molecule is Cl.O=C(NC(Cc1cccc(F)c1)c1cccc(F)c1)C1CNC1. The van der Waals surface area contributed by atoms with Gasteiger partial charge in [0.15, 0.2) is 0 Å². The Labute approximate surface area is 145 Å². The maximum atomic E-state index is 13.5. The van der Waals surface area contributed by atoms with Crippen LogP contribution in [0.1, 0.15) is 17.2 Å². The van der Waals surface area contributed by atoms with Gasteiger partial charge in [-0.15, -0.1) is 12.4 Å². The molecule has 1 aliphatic heterocycles. The monoisotopic (exact) mass is 352 g/mol. The van der Waals surface area contributed by atoms with Crippen molar-refractivity contribution in [3.05, 3.63) is 71.3 Å². The Morgan fingerprint density at radius 2 is 1.79 bits per heavy atom. The summed E-state index contributed by atoms with van der Waals surface area (Å²) in [5, 5.41) is 6.01. The summed E-state index contributed by atoms with van der Waals surface area (Å²) in [4.78, 5) is 12.2. The van der Waals surface area contributed by atoms with Crippen molar-refractivity contribution in [2.24, 2.45) is 5.92 Å². The highest BCUT2D eigenvalue weighted by Gasteiger charge is 2.27. The van der Waals surface area contributed by atoms with Crippen LogP contribution in [0.15, 0.2) is 48.5 Å². The minimum Gasteiger partial charge on any atom is -0.349 e. The number of hydrogen-bond donors (Lipinski definition) is 2. The molecule has 0 saturated carbocycles. The number of hydrogen-bond acceptors (Lipinski definition) is 2. The number of benzene rings is 2. The molecule has 1 fully saturated rings. The molecule has 1 unspecified atom stereocenters. The van der Waals surface area contributed by atoms with Crippen molar-refractivity contribution in [1.82, 2.24) is 10.6 Å². The molecule has 3 nitrogen and oxygen atoms in total. The fraction of sp³-hybridized carbons (Fsp3) is 0.278. The van der Waals surface area contributed by atoms with Crippen molar-refractivity contribution in [3.8, 4) is 0 Å². The van der Waals surface area contributed by atoms with Gasteiger partial charge in [0.2, 0.25) is 5.91 Å². The molecule has 3 rings (SSSR count). The summed E-state index contributed by atoms with van der Waals surface area (Å²) in [5.41, 5.74) is 1.43. The van der Waals surface area contributed by atoms with Gasteiger partial charge < -0.3 is 10.6 Å². The molecule has 1 amide bonds. The summed E-state index contributed by atoms with van der Waals surface area (Å²) in [6.45, 7) is 1.31. The quantitative estimate of drug-likeness (QED) is 0.868. The van der Waals surface area contributed by atoms with Crippen LogP contribution in [0.25, 0.3) is 0 Å². The van der Waals surface area contributed by atoms with E-state index < -0.39 is 0 Å². The van der Waals surface area contributed by atoms with E-state index in [2.05, 4.69) is 10.6 Å². The van der Waals surface area contributed by atoms with Crippen molar-refractivity contribution >= 4 is 18.3 Å². The third-order valence-corrected chi connectivity index (χ3v) is 4.05. The second-order valence-corrected chi connectivity index (χ2v) is 5.81. The van der Waals surface area contributed by atoms with E-state index in [4.69, 9.17) is 0 Å². The van der Waals surface area contributed by atoms with Crippen molar-refractivity contribution in [2.75, 3.05) is 13.1 Å². The Kier molecular flexibility index (Phi) is 6.29. The minimum absolute atomic E-state index is 0. The highest BCUT2D eigenvalue weighted by atomic mass is 35.5. The smallest absolute Gasteiger partial charge is 0.226 e. The maximum absolute atomic E-state index is 13.5. The van der Waals surface area contributed by atoms with Gasteiger partial charge >= 0.3 is 0 Å². The lowest BCUT2D eigenvalue weighted by molar-refractivity contribution is -0.127. The Bertz CT molecular complexity index is 707. The van der Waals surface area contributed by atoms with E-state index in [0.29, 0.717) is 25.1 Å². The highest BCUT2D eigenvalue weighted by Crippen LogP contribution is 2.21. The van der Waals surface area contributed by atoms with E-state index >= 15 is 0 Å². The van der Waals surface area contributed by atoms with Gasteiger partial charge in [-0.1, -0.05) is 24.3 Å². The van der Waals surface area contributed by atoms with E-state index in [0.717, 1.165) is 5.56 Å². The largest absolute Gasteiger partial charge is 0.349 e. The topological polar surface area (TPSA) is 41.1 Å². The molecule has 1 saturated heterocycles. The fourth-order valence-electron chi connectivity index (χ4n) is 2.64. The molecule has 24 heavy (non-hydrogen) atoms. The Hall–Kier alpha value is -1.98. The number of rotatable bonds is 5. The van der Waals surface area contributed by atoms with Gasteiger partial charge in [0.25, 0.3) is 0 Å². The van der Waals surface area contributed by atoms with Gasteiger partial charge in [-0.25, -0.2) is 8.78 Å². The average Bonchev–Trinajstić information content (AvgIpc) is 2.45. The van der Waals surface area contributed by atoms with Crippen molar-refractivity contribution < 1.29 is 13.6 Å². The average molecular weight is 353 g/mol. The van der Waals surface area contributed by atoms with Crippen LogP contribution >= 0.6 is 12.4 Å². The first-order valence-electron chi connectivity index (χ1n) is 7.63. The molecule has 0 radical (unpaired) electrons. The number of halogens is 3. The number of carbonyl (C=O) groups excluding carboxylic acids is 1. The predicted octanol–water partition coefficient (Wildman–Crippen LogP) is 3.01. The number of nitrogens with one attached hydrogen (secondary N) is 2. The normalized spacial score (nSPS) is 15.1. The molecule has 2 N–H and O–H groups in total. The molecule has 6 heteroatoms. The molecular formula is C18H19ClF2N2O. The lowest BCUT2D eigenvalue weighted by Gasteiger charge is -2.29. The molecule has 2 aromatic rings. The third-order valence-electron chi connectivity index (χ3n) is 4.05. The molecule has 2 aromatic carbocycles. The van der Waals surface area contributed by atoms with Crippen LogP contribution in [0.2, 0.25) is 0 Å². The van der Waals surface area contributed by atoms with Crippen molar-refractivity contribution in [1.29, 1.82) is 0 Å². The Balaban J connectivity index is 0.00000208. The zero-order chi connectivity index (χ0) is 16.2. The number of amides is 1. The first-order valence-corrected chi connectivity index (χ1v) is 7.63. The molecule has 0 aromatic heterocycles. The van der Waals surface area contributed by atoms with Crippen LogP contribution in [-0.4, -0.2) is 19.0 Å². The first kappa shape index (κ1) is 18.4. The number of carbonyl (C=O) groups is 1. The molecule has 1 atom stereocenters. The molecule has 0 aliphatic carbocycles. The van der Waals surface area contributed by atoms with Gasteiger partial charge in [-0.2, -0.15) is 0 Å². The van der Waals surface area contributed by atoms with Gasteiger partial charge in [-0.05, 0) is 41.8 Å². The van der Waals surface area contributed by atoms with Crippen LogP contribution in [0.5, 0.6) is 0 Å². The van der Waals surface area contributed by atoms with Crippen molar-refractivity contribution in [2.45, 2.75) is 12.5 Å². The van der Waals surface area contributed by atoms with Crippen LogP contribution in [0.4, 0.5) is 8.78 Å². The lowest BCUT2D eigenvalue weighted by Crippen LogP contribution is -2.51. The van der Waals surface area contributed by atoms with E-state index in [-0.39, 0.29) is 41.9 Å². The van der Waals surface area contributed by atoms with E-state index in [1.807, 2.05) is 0 Å². The molecule has 1 heterocycles. The summed E-state index contributed by atoms with van der Waals surface area (Å²) in [7, 11) is 0. The third kappa shape index (κ3) is 4.52. The zero-order valence-corrected chi connectivity index (χ0v) is 13.8. The van der Waals surface area contributed by atoms with Gasteiger partial charge in [-0.3, -0.25) is 4.79 Å². The molecule has 1 aliphatic rings. The van der Waals surface area contributed by atoms with E-state index in [1.54, 1.807) is 24.3 Å². The summed E-state index contributed by atoms with van der Waals surface area (Å²) in [6.07, 6.45) is 0.410. The summed E-state index contributed by atoms with van der Waals surface area (Å²) in [5.74, 6) is -0.797. The van der Waals surface area contributed by atoms with Gasteiger partial charge in [0, 0.05) is 13.1 Å². The predicted molar refractivity (Wildman–Crippen MR) is 91.0 cm³/mol. The van der Waals surface area contributed by atoms with Gasteiger partial charge in [0.05, 0.1) is 12.0 Å². The first-order chi connectivity index (χ1) is 11.1. The van der Waals surface area contributed by atoms with Crippen LogP contribution < -0.4 is 10.6 Å².